The molecule has 1 saturated carbocycles. The van der Waals surface area contributed by atoms with Crippen LogP contribution in [0.4, 0.5) is 0 Å². The van der Waals surface area contributed by atoms with Crippen molar-refractivity contribution in [3.05, 3.63) is 51.7 Å². The monoisotopic (exact) mass is 327 g/mol. The number of aromatic nitrogens is 3. The number of fused-ring (bicyclic) bond motifs is 1. The minimum absolute atomic E-state index is 0.135. The molecule has 2 aromatic heterocycles. The number of nitrogens with zero attached hydrogens (tertiary/aromatic N) is 1. The van der Waals surface area contributed by atoms with E-state index in [2.05, 4.69) is 16.9 Å². The maximum atomic E-state index is 12.6. The van der Waals surface area contributed by atoms with Gasteiger partial charge in [-0.2, -0.15) is 0 Å². The third kappa shape index (κ3) is 2.59. The molecule has 0 bridgehead atoms. The number of hydrogen-bond acceptors (Lipinski definition) is 3. The first-order valence-electron chi connectivity index (χ1n) is 7.61. The molecule has 0 amide bonds. The lowest BCUT2D eigenvalue weighted by Crippen LogP contribution is -2.20. The lowest BCUT2D eigenvalue weighted by Gasteiger charge is -2.12. The van der Waals surface area contributed by atoms with Crippen LogP contribution in [0, 0.1) is 10.2 Å². The summed E-state index contributed by atoms with van der Waals surface area (Å²) < 4.78 is 7.68. The van der Waals surface area contributed by atoms with Gasteiger partial charge in [-0.25, -0.2) is 0 Å². The third-order valence-corrected chi connectivity index (χ3v) is 4.69. The zero-order valence-electron chi connectivity index (χ0n) is 12.8. The summed E-state index contributed by atoms with van der Waals surface area (Å²) in [4.78, 5) is 18.6. The van der Waals surface area contributed by atoms with Crippen molar-refractivity contribution in [3.63, 3.8) is 0 Å². The number of hydrogen-bond donors (Lipinski definition) is 2. The Balaban J connectivity index is 1.68. The minimum Gasteiger partial charge on any atom is -0.493 e. The second kappa shape index (κ2) is 5.09. The summed E-state index contributed by atoms with van der Waals surface area (Å²) in [6, 6.07) is 9.21. The van der Waals surface area contributed by atoms with Gasteiger partial charge in [-0.05, 0) is 55.4 Å². The summed E-state index contributed by atoms with van der Waals surface area (Å²) in [6.45, 7) is 2.97. The fraction of sp³-hybridized carbons (Fsp3) is 0.294. The molecule has 0 atom stereocenters. The Morgan fingerprint density at radius 3 is 2.70 bits per heavy atom. The molecule has 0 unspecified atom stereocenters. The highest BCUT2D eigenvalue weighted by Crippen LogP contribution is 2.45. The Morgan fingerprint density at radius 1 is 1.26 bits per heavy atom. The van der Waals surface area contributed by atoms with Crippen LogP contribution in [0.15, 0.2) is 41.3 Å². The van der Waals surface area contributed by atoms with Crippen LogP contribution < -0.4 is 10.3 Å². The second-order valence-corrected chi connectivity index (χ2v) is 6.82. The molecule has 118 valence electrons. The van der Waals surface area contributed by atoms with Gasteiger partial charge in [0, 0.05) is 11.6 Å². The van der Waals surface area contributed by atoms with Crippen molar-refractivity contribution in [2.24, 2.45) is 5.41 Å². The van der Waals surface area contributed by atoms with E-state index < -0.39 is 0 Å². The molecule has 23 heavy (non-hydrogen) atoms. The van der Waals surface area contributed by atoms with Crippen LogP contribution in [0.25, 0.3) is 16.7 Å². The van der Waals surface area contributed by atoms with E-state index in [1.54, 1.807) is 12.3 Å². The van der Waals surface area contributed by atoms with Crippen molar-refractivity contribution >= 4 is 23.3 Å². The summed E-state index contributed by atoms with van der Waals surface area (Å²) >= 11 is 5.31. The van der Waals surface area contributed by atoms with E-state index in [1.165, 1.54) is 17.4 Å². The lowest BCUT2D eigenvalue weighted by atomic mass is 10.2. The normalized spacial score (nSPS) is 15.7. The number of nitrogens with one attached hydrogen (secondary N) is 2. The van der Waals surface area contributed by atoms with Crippen molar-refractivity contribution in [1.82, 2.24) is 14.5 Å². The Labute approximate surface area is 137 Å². The highest BCUT2D eigenvalue weighted by Gasteiger charge is 2.38. The molecule has 1 aromatic carbocycles. The molecule has 1 fully saturated rings. The molecule has 2 N–H and O–H groups in total. The fourth-order valence-electron chi connectivity index (χ4n) is 2.57. The molecule has 2 heterocycles. The highest BCUT2D eigenvalue weighted by molar-refractivity contribution is 7.71. The van der Waals surface area contributed by atoms with Crippen LogP contribution >= 0.6 is 12.2 Å². The molecule has 1 aliphatic rings. The first kappa shape index (κ1) is 14.3. The van der Waals surface area contributed by atoms with Gasteiger partial charge in [0.25, 0.3) is 5.56 Å². The van der Waals surface area contributed by atoms with Crippen LogP contribution in [0.3, 0.4) is 0 Å². The van der Waals surface area contributed by atoms with E-state index in [1.807, 2.05) is 24.3 Å². The van der Waals surface area contributed by atoms with Crippen LogP contribution in [0.2, 0.25) is 0 Å². The van der Waals surface area contributed by atoms with Gasteiger partial charge in [-0.15, -0.1) is 0 Å². The van der Waals surface area contributed by atoms with E-state index in [0.29, 0.717) is 21.2 Å². The summed E-state index contributed by atoms with van der Waals surface area (Å²) in [5, 5.41) is 0.584. The fourth-order valence-corrected chi connectivity index (χ4v) is 2.86. The van der Waals surface area contributed by atoms with E-state index in [-0.39, 0.29) is 5.56 Å². The van der Waals surface area contributed by atoms with Gasteiger partial charge in [0.15, 0.2) is 4.77 Å². The highest BCUT2D eigenvalue weighted by atomic mass is 32.1. The van der Waals surface area contributed by atoms with Gasteiger partial charge < -0.3 is 14.7 Å². The molecule has 3 aromatic rings. The summed E-state index contributed by atoms with van der Waals surface area (Å²) in [7, 11) is 0. The van der Waals surface area contributed by atoms with Crippen LogP contribution in [-0.4, -0.2) is 21.1 Å². The number of ether oxygens (including phenoxy) is 1. The summed E-state index contributed by atoms with van der Waals surface area (Å²) in [6.07, 6.45) is 4.18. The van der Waals surface area contributed by atoms with Gasteiger partial charge in [-0.1, -0.05) is 6.92 Å². The van der Waals surface area contributed by atoms with Crippen LogP contribution in [0.1, 0.15) is 19.8 Å². The van der Waals surface area contributed by atoms with Crippen molar-refractivity contribution in [2.75, 3.05) is 6.61 Å². The standard InChI is InChI=1S/C17H17N3O2S/c1-17(7-8-17)10-22-12-4-2-11(3-5-12)20-15(21)13-6-9-18-14(13)19-16(20)23/h2-6,9,18H,7-8,10H2,1H3,(H,19,23). The van der Waals surface area contributed by atoms with Gasteiger partial charge in [-0.3, -0.25) is 9.36 Å². The molecule has 6 heteroatoms. The Morgan fingerprint density at radius 2 is 2.00 bits per heavy atom. The van der Waals surface area contributed by atoms with Crippen molar-refractivity contribution in [2.45, 2.75) is 19.8 Å². The topological polar surface area (TPSA) is 62.8 Å². The van der Waals surface area contributed by atoms with E-state index in [4.69, 9.17) is 17.0 Å². The van der Waals surface area contributed by atoms with Crippen molar-refractivity contribution in [3.8, 4) is 11.4 Å². The number of rotatable bonds is 4. The molecular formula is C17H17N3O2S. The minimum atomic E-state index is -0.135. The SMILES string of the molecule is CC1(COc2ccc(-n3c(=S)[nH]c4[nH]ccc4c3=O)cc2)CC1. The lowest BCUT2D eigenvalue weighted by molar-refractivity contribution is 0.247. The first-order chi connectivity index (χ1) is 11.1. The maximum Gasteiger partial charge on any atom is 0.268 e. The molecule has 0 aliphatic heterocycles. The molecule has 0 radical (unpaired) electrons. The average Bonchev–Trinajstić information content (AvgIpc) is 3.08. The predicted molar refractivity (Wildman–Crippen MR) is 91.9 cm³/mol. The predicted octanol–water partition coefficient (Wildman–Crippen LogP) is 3.56. The zero-order valence-corrected chi connectivity index (χ0v) is 13.6. The van der Waals surface area contributed by atoms with E-state index in [9.17, 15) is 4.79 Å². The zero-order chi connectivity index (χ0) is 16.0. The van der Waals surface area contributed by atoms with Gasteiger partial charge in [0.2, 0.25) is 0 Å². The van der Waals surface area contributed by atoms with Crippen molar-refractivity contribution < 1.29 is 4.74 Å². The van der Waals surface area contributed by atoms with Gasteiger partial charge >= 0.3 is 0 Å². The number of benzene rings is 1. The van der Waals surface area contributed by atoms with Crippen LogP contribution in [0.5, 0.6) is 5.75 Å². The number of H-pyrrole nitrogens is 2. The molecule has 0 saturated heterocycles. The van der Waals surface area contributed by atoms with E-state index in [0.717, 1.165) is 18.0 Å². The van der Waals surface area contributed by atoms with Crippen molar-refractivity contribution in [1.29, 1.82) is 0 Å². The molecule has 0 spiro atoms. The maximum absolute atomic E-state index is 12.6. The number of aromatic amines is 2. The molecule has 4 rings (SSSR count). The molecule has 1 aliphatic carbocycles. The van der Waals surface area contributed by atoms with Crippen LogP contribution in [-0.2, 0) is 0 Å². The summed E-state index contributed by atoms with van der Waals surface area (Å²) in [5.74, 6) is 0.813. The van der Waals surface area contributed by atoms with Gasteiger partial charge in [0.05, 0.1) is 17.7 Å². The largest absolute Gasteiger partial charge is 0.493 e. The first-order valence-corrected chi connectivity index (χ1v) is 8.02. The van der Waals surface area contributed by atoms with Gasteiger partial charge in [0.1, 0.15) is 11.4 Å². The molecule has 5 nitrogen and oxygen atoms in total. The quantitative estimate of drug-likeness (QED) is 0.720. The third-order valence-electron chi connectivity index (χ3n) is 4.40. The summed E-state index contributed by atoms with van der Waals surface area (Å²) in [5.41, 5.74) is 1.58. The molecular weight excluding hydrogens is 310 g/mol. The van der Waals surface area contributed by atoms with E-state index >= 15 is 0 Å². The second-order valence-electron chi connectivity index (χ2n) is 6.43. The Hall–Kier alpha value is -2.34. The smallest absolute Gasteiger partial charge is 0.268 e. The average molecular weight is 327 g/mol. The Bertz CT molecular complexity index is 977. The Kier molecular flexibility index (Phi) is 3.16.